The Morgan fingerprint density at radius 2 is 2.10 bits per heavy atom. The summed E-state index contributed by atoms with van der Waals surface area (Å²) < 4.78 is 6.28. The molecule has 112 valence electrons. The van der Waals surface area contributed by atoms with E-state index < -0.39 is 0 Å². The van der Waals surface area contributed by atoms with Gasteiger partial charge in [-0.25, -0.2) is 0 Å². The first-order valence-corrected chi connectivity index (χ1v) is 8.06. The highest BCUT2D eigenvalue weighted by atomic mass is 35.5. The number of halogens is 1. The normalized spacial score (nSPS) is 28.3. The highest BCUT2D eigenvalue weighted by Crippen LogP contribution is 2.43. The summed E-state index contributed by atoms with van der Waals surface area (Å²) in [6, 6.07) is 8.38. The largest absolute Gasteiger partial charge is 0.373 e. The Morgan fingerprint density at radius 1 is 1.40 bits per heavy atom. The number of nitrogens with one attached hydrogen (secondary N) is 1. The summed E-state index contributed by atoms with van der Waals surface area (Å²) in [5.41, 5.74) is 1.18. The molecular weight excluding hydrogens is 270 g/mol. The van der Waals surface area contributed by atoms with Gasteiger partial charge in [0.1, 0.15) is 0 Å². The van der Waals surface area contributed by atoms with Crippen molar-refractivity contribution in [3.8, 4) is 0 Å². The molecule has 1 N–H and O–H groups in total. The van der Waals surface area contributed by atoms with Gasteiger partial charge in [0.05, 0.1) is 11.6 Å². The summed E-state index contributed by atoms with van der Waals surface area (Å²) in [5.74, 6) is 0.721. The fourth-order valence-electron chi connectivity index (χ4n) is 3.70. The van der Waals surface area contributed by atoms with E-state index in [4.69, 9.17) is 16.3 Å². The van der Waals surface area contributed by atoms with Crippen LogP contribution < -0.4 is 5.32 Å². The number of ether oxygens (including phenoxy) is 1. The molecule has 1 aromatic carbocycles. The minimum Gasteiger partial charge on any atom is -0.373 e. The third-order valence-corrected chi connectivity index (χ3v) is 4.69. The molecule has 0 heterocycles. The molecule has 3 heteroatoms. The standard InChI is InChI=1S/C17H26ClNO/c1-4-20-17(11-5-6-13(2)12-17)16(19-3)14-7-9-15(18)10-8-14/h7-10,13,16,19H,4-6,11-12H2,1-3H3. The van der Waals surface area contributed by atoms with Crippen LogP contribution in [-0.4, -0.2) is 19.3 Å². The van der Waals surface area contributed by atoms with E-state index >= 15 is 0 Å². The maximum atomic E-state index is 6.28. The zero-order valence-electron chi connectivity index (χ0n) is 12.8. The fourth-order valence-corrected chi connectivity index (χ4v) is 3.82. The summed E-state index contributed by atoms with van der Waals surface area (Å²) in [6.07, 6.45) is 4.80. The molecule has 1 fully saturated rings. The van der Waals surface area contributed by atoms with Crippen molar-refractivity contribution in [1.29, 1.82) is 0 Å². The first-order valence-electron chi connectivity index (χ1n) is 7.68. The van der Waals surface area contributed by atoms with Gasteiger partial charge in [-0.15, -0.1) is 0 Å². The van der Waals surface area contributed by atoms with E-state index in [-0.39, 0.29) is 11.6 Å². The molecule has 0 saturated heterocycles. The zero-order chi connectivity index (χ0) is 14.6. The first-order chi connectivity index (χ1) is 9.61. The van der Waals surface area contributed by atoms with Crippen LogP contribution in [0.3, 0.4) is 0 Å². The van der Waals surface area contributed by atoms with Crippen LogP contribution in [0.5, 0.6) is 0 Å². The second-order valence-electron chi connectivity index (χ2n) is 5.97. The van der Waals surface area contributed by atoms with E-state index in [0.29, 0.717) is 0 Å². The van der Waals surface area contributed by atoms with Gasteiger partial charge < -0.3 is 10.1 Å². The molecule has 1 aliphatic carbocycles. The number of likely N-dealkylation sites (N-methyl/N-ethyl adjacent to an activating group) is 1. The topological polar surface area (TPSA) is 21.3 Å². The lowest BCUT2D eigenvalue weighted by molar-refractivity contribution is -0.100. The predicted octanol–water partition coefficient (Wildman–Crippen LogP) is 4.59. The Bertz CT molecular complexity index is 416. The predicted molar refractivity (Wildman–Crippen MR) is 85.2 cm³/mol. The van der Waals surface area contributed by atoms with Gasteiger partial charge in [0.15, 0.2) is 0 Å². The summed E-state index contributed by atoms with van der Waals surface area (Å²) in [7, 11) is 2.03. The average Bonchev–Trinajstić information content (AvgIpc) is 2.42. The van der Waals surface area contributed by atoms with Gasteiger partial charge in [-0.2, -0.15) is 0 Å². The van der Waals surface area contributed by atoms with Crippen LogP contribution in [0.4, 0.5) is 0 Å². The van der Waals surface area contributed by atoms with Crippen LogP contribution in [0, 0.1) is 5.92 Å². The van der Waals surface area contributed by atoms with Gasteiger partial charge in [-0.3, -0.25) is 0 Å². The van der Waals surface area contributed by atoms with Crippen LogP contribution in [-0.2, 0) is 4.74 Å². The Balaban J connectivity index is 2.31. The smallest absolute Gasteiger partial charge is 0.0878 e. The zero-order valence-corrected chi connectivity index (χ0v) is 13.5. The Kier molecular flexibility index (Phi) is 5.48. The Hall–Kier alpha value is -0.570. The van der Waals surface area contributed by atoms with Gasteiger partial charge >= 0.3 is 0 Å². The van der Waals surface area contributed by atoms with Crippen LogP contribution in [0.2, 0.25) is 5.02 Å². The van der Waals surface area contributed by atoms with Gasteiger partial charge in [-0.1, -0.05) is 43.5 Å². The van der Waals surface area contributed by atoms with E-state index in [9.17, 15) is 0 Å². The molecule has 1 saturated carbocycles. The minimum absolute atomic E-state index is 0.0883. The fraction of sp³-hybridized carbons (Fsp3) is 0.647. The maximum absolute atomic E-state index is 6.28. The Labute approximate surface area is 127 Å². The minimum atomic E-state index is -0.0883. The summed E-state index contributed by atoms with van der Waals surface area (Å²) in [6.45, 7) is 5.19. The number of hydrogen-bond acceptors (Lipinski definition) is 2. The highest BCUT2D eigenvalue weighted by Gasteiger charge is 2.42. The van der Waals surface area contributed by atoms with E-state index in [1.807, 2.05) is 19.2 Å². The molecule has 1 aromatic rings. The molecule has 2 rings (SSSR count). The van der Waals surface area contributed by atoms with E-state index in [2.05, 4.69) is 31.3 Å². The van der Waals surface area contributed by atoms with Crippen molar-refractivity contribution < 1.29 is 4.74 Å². The van der Waals surface area contributed by atoms with Crippen molar-refractivity contribution >= 4 is 11.6 Å². The molecule has 20 heavy (non-hydrogen) atoms. The SMILES string of the molecule is CCOC1(C(NC)c2ccc(Cl)cc2)CCCC(C)C1. The molecule has 0 radical (unpaired) electrons. The molecule has 1 aliphatic rings. The van der Waals surface area contributed by atoms with Gasteiger partial charge in [0.25, 0.3) is 0 Å². The van der Waals surface area contributed by atoms with Crippen molar-refractivity contribution in [1.82, 2.24) is 5.32 Å². The van der Waals surface area contributed by atoms with Crippen molar-refractivity contribution in [2.75, 3.05) is 13.7 Å². The molecule has 0 amide bonds. The van der Waals surface area contributed by atoms with E-state index in [1.165, 1.54) is 18.4 Å². The second kappa shape index (κ2) is 6.93. The molecular formula is C17H26ClNO. The van der Waals surface area contributed by atoms with Crippen LogP contribution in [0.15, 0.2) is 24.3 Å². The van der Waals surface area contributed by atoms with Crippen LogP contribution in [0.1, 0.15) is 51.1 Å². The third kappa shape index (κ3) is 3.36. The quantitative estimate of drug-likeness (QED) is 0.858. The van der Waals surface area contributed by atoms with Gasteiger partial charge in [-0.05, 0) is 50.4 Å². The molecule has 0 spiro atoms. The lowest BCUT2D eigenvalue weighted by Gasteiger charge is -2.45. The lowest BCUT2D eigenvalue weighted by atomic mass is 9.72. The van der Waals surface area contributed by atoms with Crippen LogP contribution >= 0.6 is 11.6 Å². The van der Waals surface area contributed by atoms with Crippen molar-refractivity contribution in [3.63, 3.8) is 0 Å². The molecule has 0 aromatic heterocycles. The van der Waals surface area contributed by atoms with Gasteiger partial charge in [0.2, 0.25) is 0 Å². The number of hydrogen-bond donors (Lipinski definition) is 1. The molecule has 0 aliphatic heterocycles. The summed E-state index contributed by atoms with van der Waals surface area (Å²) >= 11 is 6.01. The molecule has 2 nitrogen and oxygen atoms in total. The average molecular weight is 296 g/mol. The van der Waals surface area contributed by atoms with Crippen molar-refractivity contribution in [3.05, 3.63) is 34.9 Å². The van der Waals surface area contributed by atoms with Crippen molar-refractivity contribution in [2.24, 2.45) is 5.92 Å². The van der Waals surface area contributed by atoms with E-state index in [0.717, 1.165) is 30.4 Å². The lowest BCUT2D eigenvalue weighted by Crippen LogP contribution is -2.48. The first kappa shape index (κ1) is 15.8. The van der Waals surface area contributed by atoms with Gasteiger partial charge in [0, 0.05) is 11.6 Å². The molecule has 3 unspecified atom stereocenters. The number of rotatable bonds is 5. The van der Waals surface area contributed by atoms with E-state index in [1.54, 1.807) is 0 Å². The van der Waals surface area contributed by atoms with Crippen LogP contribution in [0.25, 0.3) is 0 Å². The highest BCUT2D eigenvalue weighted by molar-refractivity contribution is 6.30. The third-order valence-electron chi connectivity index (χ3n) is 4.44. The Morgan fingerprint density at radius 3 is 2.65 bits per heavy atom. The van der Waals surface area contributed by atoms with Crippen molar-refractivity contribution in [2.45, 2.75) is 51.2 Å². The monoisotopic (exact) mass is 295 g/mol. The number of benzene rings is 1. The summed E-state index contributed by atoms with van der Waals surface area (Å²) in [5, 5.41) is 4.27. The molecule has 3 atom stereocenters. The molecule has 0 bridgehead atoms. The second-order valence-corrected chi connectivity index (χ2v) is 6.41. The maximum Gasteiger partial charge on any atom is 0.0878 e. The summed E-state index contributed by atoms with van der Waals surface area (Å²) in [4.78, 5) is 0.